The summed E-state index contributed by atoms with van der Waals surface area (Å²) in [6, 6.07) is 0. The van der Waals surface area contributed by atoms with Gasteiger partial charge in [-0.15, -0.1) is 0 Å². The molecular formula is C73H134O6. The number of carbonyl (C=O) groups is 3. The lowest BCUT2D eigenvalue weighted by Crippen LogP contribution is -2.30. The lowest BCUT2D eigenvalue weighted by Gasteiger charge is -2.18. The van der Waals surface area contributed by atoms with Crippen molar-refractivity contribution in [2.45, 2.75) is 386 Å². The zero-order valence-corrected chi connectivity index (χ0v) is 53.2. The Morgan fingerprint density at radius 1 is 0.253 bits per heavy atom. The van der Waals surface area contributed by atoms with Crippen LogP contribution in [0.5, 0.6) is 0 Å². The predicted molar refractivity (Wildman–Crippen MR) is 344 cm³/mol. The number of unbranched alkanes of at least 4 members (excludes halogenated alkanes) is 46. The van der Waals surface area contributed by atoms with E-state index < -0.39 is 6.10 Å². The second kappa shape index (κ2) is 67.9. The summed E-state index contributed by atoms with van der Waals surface area (Å²) in [4.78, 5) is 38.3. The Morgan fingerprint density at radius 3 is 0.722 bits per heavy atom. The molecule has 0 rings (SSSR count). The van der Waals surface area contributed by atoms with Gasteiger partial charge in [0.25, 0.3) is 0 Å². The highest BCUT2D eigenvalue weighted by Crippen LogP contribution is 2.18. The maximum atomic E-state index is 12.9. The van der Waals surface area contributed by atoms with Crippen LogP contribution in [0.15, 0.2) is 48.6 Å². The van der Waals surface area contributed by atoms with Gasteiger partial charge in [-0.1, -0.05) is 326 Å². The van der Waals surface area contributed by atoms with Crippen LogP contribution in [0.3, 0.4) is 0 Å². The number of rotatable bonds is 65. The fourth-order valence-corrected chi connectivity index (χ4v) is 10.5. The fourth-order valence-electron chi connectivity index (χ4n) is 10.5. The van der Waals surface area contributed by atoms with Crippen LogP contribution in [-0.4, -0.2) is 37.2 Å². The number of allylic oxidation sites excluding steroid dienone is 8. The lowest BCUT2D eigenvalue weighted by molar-refractivity contribution is -0.167. The first-order valence-electron chi connectivity index (χ1n) is 35.1. The van der Waals surface area contributed by atoms with Gasteiger partial charge in [0.1, 0.15) is 13.2 Å². The summed E-state index contributed by atoms with van der Waals surface area (Å²) < 4.78 is 16.9. The molecule has 0 aliphatic rings. The number of hydrogen-bond donors (Lipinski definition) is 0. The van der Waals surface area contributed by atoms with E-state index in [9.17, 15) is 14.4 Å². The number of esters is 3. The summed E-state index contributed by atoms with van der Waals surface area (Å²) in [5.41, 5.74) is 0. The molecule has 0 amide bonds. The van der Waals surface area contributed by atoms with Crippen LogP contribution in [0.25, 0.3) is 0 Å². The molecule has 1 atom stereocenters. The lowest BCUT2D eigenvalue weighted by atomic mass is 10.0. The van der Waals surface area contributed by atoms with Crippen LogP contribution in [0.2, 0.25) is 0 Å². The molecule has 0 fully saturated rings. The second-order valence-corrected chi connectivity index (χ2v) is 23.8. The van der Waals surface area contributed by atoms with Crippen molar-refractivity contribution in [3.8, 4) is 0 Å². The highest BCUT2D eigenvalue weighted by Gasteiger charge is 2.19. The summed E-state index contributed by atoms with van der Waals surface area (Å²) in [6.07, 6.45) is 85.8. The standard InChI is InChI=1S/C73H134O6/c1-4-7-10-13-16-19-22-25-27-28-29-30-31-32-33-34-35-36-37-38-39-40-41-42-43-44-46-48-51-54-57-60-63-66-72(75)78-69-70(68-77-71(74)65-62-59-56-53-50-47-24-21-18-15-12-9-6-3)79-73(76)67-64-61-58-55-52-49-45-26-23-20-17-14-11-8-5-2/h22,25-26,28-29,31-32,45,70H,4-21,23-24,27,30,33-44,46-69H2,1-3H3/b25-22-,29-28-,32-31-,45-26-. The molecule has 0 aromatic heterocycles. The quantitative estimate of drug-likeness (QED) is 0.0261. The third kappa shape index (κ3) is 66.1. The van der Waals surface area contributed by atoms with E-state index in [1.807, 2.05) is 0 Å². The van der Waals surface area contributed by atoms with Crippen LogP contribution >= 0.6 is 0 Å². The summed E-state index contributed by atoms with van der Waals surface area (Å²) in [6.45, 7) is 6.67. The fraction of sp³-hybridized carbons (Fsp3) is 0.849. The van der Waals surface area contributed by atoms with Crippen molar-refractivity contribution in [1.82, 2.24) is 0 Å². The van der Waals surface area contributed by atoms with E-state index in [4.69, 9.17) is 14.2 Å². The molecule has 0 spiro atoms. The molecule has 0 aromatic rings. The molecule has 0 heterocycles. The Bertz CT molecular complexity index is 1360. The molecular weight excluding hydrogens is 973 g/mol. The van der Waals surface area contributed by atoms with Crippen molar-refractivity contribution < 1.29 is 28.6 Å². The first kappa shape index (κ1) is 76.4. The summed E-state index contributed by atoms with van der Waals surface area (Å²) in [5, 5.41) is 0. The van der Waals surface area contributed by atoms with Gasteiger partial charge in [0.2, 0.25) is 0 Å². The van der Waals surface area contributed by atoms with Gasteiger partial charge < -0.3 is 14.2 Å². The third-order valence-corrected chi connectivity index (χ3v) is 15.8. The Balaban J connectivity index is 4.11. The highest BCUT2D eigenvalue weighted by atomic mass is 16.6. The van der Waals surface area contributed by atoms with Crippen molar-refractivity contribution >= 4 is 17.9 Å². The van der Waals surface area contributed by atoms with Crippen LogP contribution in [0.4, 0.5) is 0 Å². The van der Waals surface area contributed by atoms with Crippen molar-refractivity contribution in [3.05, 3.63) is 48.6 Å². The van der Waals surface area contributed by atoms with Gasteiger partial charge in [-0.3, -0.25) is 14.4 Å². The maximum Gasteiger partial charge on any atom is 0.306 e. The van der Waals surface area contributed by atoms with Gasteiger partial charge in [-0.2, -0.15) is 0 Å². The smallest absolute Gasteiger partial charge is 0.306 e. The second-order valence-electron chi connectivity index (χ2n) is 23.8. The largest absolute Gasteiger partial charge is 0.462 e. The average molecular weight is 1110 g/mol. The molecule has 6 heteroatoms. The summed E-state index contributed by atoms with van der Waals surface area (Å²) in [7, 11) is 0. The molecule has 0 bridgehead atoms. The third-order valence-electron chi connectivity index (χ3n) is 15.8. The molecule has 0 saturated heterocycles. The molecule has 0 aromatic carbocycles. The summed E-state index contributed by atoms with van der Waals surface area (Å²) in [5.74, 6) is -0.854. The minimum absolute atomic E-state index is 0.0706. The van der Waals surface area contributed by atoms with E-state index in [1.165, 1.54) is 263 Å². The van der Waals surface area contributed by atoms with Gasteiger partial charge in [0.15, 0.2) is 6.10 Å². The van der Waals surface area contributed by atoms with Gasteiger partial charge in [0, 0.05) is 19.3 Å². The van der Waals surface area contributed by atoms with Crippen LogP contribution < -0.4 is 0 Å². The molecule has 0 N–H and O–H groups in total. The molecule has 6 nitrogen and oxygen atoms in total. The van der Waals surface area contributed by atoms with E-state index in [0.717, 1.165) is 77.0 Å². The Labute approximate surface area is 492 Å². The van der Waals surface area contributed by atoms with Gasteiger partial charge >= 0.3 is 17.9 Å². The Morgan fingerprint density at radius 2 is 0.456 bits per heavy atom. The molecule has 462 valence electrons. The van der Waals surface area contributed by atoms with E-state index in [1.54, 1.807) is 0 Å². The first-order valence-corrected chi connectivity index (χ1v) is 35.1. The Kier molecular flexibility index (Phi) is 65.6. The first-order chi connectivity index (χ1) is 39.0. The molecule has 0 saturated carbocycles. The SMILES string of the molecule is CCCCCCC/C=C\C/C=C\C/C=C\CCCCCCCCCCCCCCCCCCCCC(=O)OCC(COC(=O)CCCCCCCCCCCCCCC)OC(=O)CCCCCCC/C=C\CCCCCCCC. The van der Waals surface area contributed by atoms with Crippen molar-refractivity contribution in [3.63, 3.8) is 0 Å². The minimum atomic E-state index is -0.774. The predicted octanol–water partition coefficient (Wildman–Crippen LogP) is 24.1. The minimum Gasteiger partial charge on any atom is -0.462 e. The highest BCUT2D eigenvalue weighted by molar-refractivity contribution is 5.71. The van der Waals surface area contributed by atoms with E-state index >= 15 is 0 Å². The van der Waals surface area contributed by atoms with Gasteiger partial charge in [0.05, 0.1) is 0 Å². The molecule has 0 aliphatic heterocycles. The molecule has 79 heavy (non-hydrogen) atoms. The van der Waals surface area contributed by atoms with Gasteiger partial charge in [-0.25, -0.2) is 0 Å². The zero-order chi connectivity index (χ0) is 57.1. The van der Waals surface area contributed by atoms with Gasteiger partial charge in [-0.05, 0) is 83.5 Å². The molecule has 0 radical (unpaired) electrons. The van der Waals surface area contributed by atoms with Crippen molar-refractivity contribution in [2.24, 2.45) is 0 Å². The van der Waals surface area contributed by atoms with Crippen molar-refractivity contribution in [2.75, 3.05) is 13.2 Å². The monoisotopic (exact) mass is 1110 g/mol. The normalized spacial score (nSPS) is 12.3. The van der Waals surface area contributed by atoms with Crippen LogP contribution in [0, 0.1) is 0 Å². The van der Waals surface area contributed by atoms with E-state index in [-0.39, 0.29) is 31.1 Å². The Hall–Kier alpha value is -2.63. The van der Waals surface area contributed by atoms with Crippen molar-refractivity contribution in [1.29, 1.82) is 0 Å². The summed E-state index contributed by atoms with van der Waals surface area (Å²) >= 11 is 0. The number of hydrogen-bond acceptors (Lipinski definition) is 6. The average Bonchev–Trinajstić information content (AvgIpc) is 3.45. The zero-order valence-electron chi connectivity index (χ0n) is 53.2. The van der Waals surface area contributed by atoms with E-state index in [0.29, 0.717) is 19.3 Å². The van der Waals surface area contributed by atoms with Crippen LogP contribution in [0.1, 0.15) is 380 Å². The van der Waals surface area contributed by atoms with E-state index in [2.05, 4.69) is 69.4 Å². The van der Waals surface area contributed by atoms with Crippen LogP contribution in [-0.2, 0) is 28.6 Å². The molecule has 0 aliphatic carbocycles. The maximum absolute atomic E-state index is 12.9. The number of carbonyl (C=O) groups excluding carboxylic acids is 3. The number of ether oxygens (including phenoxy) is 3. The topological polar surface area (TPSA) is 78.9 Å². The molecule has 1 unspecified atom stereocenters.